The van der Waals surface area contributed by atoms with Gasteiger partial charge in [0.15, 0.2) is 0 Å². The third kappa shape index (κ3) is 4.85. The first kappa shape index (κ1) is 31.6. The van der Waals surface area contributed by atoms with Crippen molar-refractivity contribution in [1.82, 2.24) is 14.5 Å². The van der Waals surface area contributed by atoms with Crippen molar-refractivity contribution < 1.29 is 0 Å². The van der Waals surface area contributed by atoms with E-state index in [-0.39, 0.29) is 5.41 Å². The van der Waals surface area contributed by atoms with Crippen LogP contribution in [0.1, 0.15) is 30.7 Å². The molecule has 0 spiro atoms. The monoisotopic (exact) mass is 727 g/mol. The summed E-state index contributed by atoms with van der Waals surface area (Å²) in [5.74, 6) is 0.679. The normalized spacial score (nSPS) is 14.2. The molecule has 0 bridgehead atoms. The molecule has 2 aromatic heterocycles. The summed E-state index contributed by atoms with van der Waals surface area (Å²) >= 11 is 3.72. The second kappa shape index (κ2) is 12.1. The zero-order chi connectivity index (χ0) is 36.0. The summed E-state index contributed by atoms with van der Waals surface area (Å²) in [5, 5.41) is 4.85. The van der Waals surface area contributed by atoms with Crippen LogP contribution in [0.2, 0.25) is 0 Å². The van der Waals surface area contributed by atoms with E-state index in [1.807, 2.05) is 23.5 Å². The molecule has 9 aromatic rings. The zero-order valence-electron chi connectivity index (χ0n) is 29.7. The number of allylic oxidation sites excluding steroid dienone is 1. The van der Waals surface area contributed by atoms with Crippen LogP contribution in [-0.2, 0) is 5.41 Å². The van der Waals surface area contributed by atoms with E-state index in [0.29, 0.717) is 5.95 Å². The molecule has 0 atom stereocenters. The third-order valence-electron chi connectivity index (χ3n) is 11.1. The van der Waals surface area contributed by atoms with Crippen molar-refractivity contribution in [2.24, 2.45) is 0 Å². The molecule has 11 rings (SSSR count). The number of hydrogen-bond acceptors (Lipinski definition) is 4. The van der Waals surface area contributed by atoms with Crippen molar-refractivity contribution in [3.63, 3.8) is 0 Å². The fraction of sp³-hybridized carbons (Fsp3) is 0.0612. The maximum atomic E-state index is 5.52. The van der Waals surface area contributed by atoms with Gasteiger partial charge in [0.2, 0.25) is 5.95 Å². The molecule has 0 N–H and O–H groups in total. The van der Waals surface area contributed by atoms with Crippen molar-refractivity contribution in [2.45, 2.75) is 38.8 Å². The van der Waals surface area contributed by atoms with Gasteiger partial charge in [0.05, 0.1) is 22.4 Å². The summed E-state index contributed by atoms with van der Waals surface area (Å²) in [4.78, 5) is 16.2. The predicted octanol–water partition coefficient (Wildman–Crippen LogP) is 13.5. The van der Waals surface area contributed by atoms with Crippen molar-refractivity contribution in [2.75, 3.05) is 0 Å². The fourth-order valence-corrected chi connectivity index (χ4v) is 10.8. The third-order valence-corrected chi connectivity index (χ3v) is 13.6. The molecule has 3 nitrogen and oxygen atoms in total. The molecule has 1 aliphatic heterocycles. The zero-order valence-corrected chi connectivity index (χ0v) is 31.4. The van der Waals surface area contributed by atoms with Gasteiger partial charge in [0, 0.05) is 46.9 Å². The summed E-state index contributed by atoms with van der Waals surface area (Å²) in [6.07, 6.45) is 2.29. The molecule has 54 heavy (non-hydrogen) atoms. The van der Waals surface area contributed by atoms with E-state index in [0.717, 1.165) is 33.5 Å². The van der Waals surface area contributed by atoms with Crippen LogP contribution < -0.4 is 0 Å². The summed E-state index contributed by atoms with van der Waals surface area (Å²) < 4.78 is 2.28. The molecule has 0 unspecified atom stereocenters. The molecular weight excluding hydrogens is 695 g/mol. The van der Waals surface area contributed by atoms with Crippen LogP contribution in [0.25, 0.3) is 72.6 Å². The van der Waals surface area contributed by atoms with Gasteiger partial charge in [-0.2, -0.15) is 0 Å². The van der Waals surface area contributed by atoms with Crippen LogP contribution in [0.4, 0.5) is 0 Å². The molecule has 256 valence electrons. The van der Waals surface area contributed by atoms with Crippen LogP contribution in [-0.4, -0.2) is 14.5 Å². The number of aromatic nitrogens is 3. The topological polar surface area (TPSA) is 30.7 Å². The van der Waals surface area contributed by atoms with Gasteiger partial charge in [-0.25, -0.2) is 9.97 Å². The van der Waals surface area contributed by atoms with Gasteiger partial charge in [0.25, 0.3) is 0 Å². The Balaban J connectivity index is 1.15. The van der Waals surface area contributed by atoms with E-state index >= 15 is 0 Å². The number of hydrogen-bond donors (Lipinski definition) is 0. The Morgan fingerprint density at radius 1 is 0.500 bits per heavy atom. The number of nitrogens with zero attached hydrogens (tertiary/aromatic N) is 3. The lowest BCUT2D eigenvalue weighted by molar-refractivity contribution is 0.696. The minimum Gasteiger partial charge on any atom is -0.278 e. The first-order valence-electron chi connectivity index (χ1n) is 18.3. The van der Waals surface area contributed by atoms with Gasteiger partial charge in [0.1, 0.15) is 0 Å². The Morgan fingerprint density at radius 3 is 1.93 bits per heavy atom. The van der Waals surface area contributed by atoms with Crippen molar-refractivity contribution >= 4 is 67.8 Å². The Labute approximate surface area is 322 Å². The Morgan fingerprint density at radius 2 is 1.13 bits per heavy atom. The van der Waals surface area contributed by atoms with Gasteiger partial charge < -0.3 is 0 Å². The number of rotatable bonds is 4. The van der Waals surface area contributed by atoms with E-state index in [9.17, 15) is 0 Å². The minimum absolute atomic E-state index is 0.292. The summed E-state index contributed by atoms with van der Waals surface area (Å²) in [7, 11) is 0. The molecule has 7 aromatic carbocycles. The summed E-state index contributed by atoms with van der Waals surface area (Å²) in [5.41, 5.74) is 11.0. The Kier molecular flexibility index (Phi) is 7.07. The van der Waals surface area contributed by atoms with Crippen LogP contribution >= 0.6 is 23.5 Å². The highest BCUT2D eigenvalue weighted by Gasteiger charge is 2.38. The van der Waals surface area contributed by atoms with E-state index < -0.39 is 0 Å². The maximum absolute atomic E-state index is 5.52. The number of fused-ring (bicyclic) bond motifs is 8. The smallest absolute Gasteiger partial charge is 0.235 e. The highest BCUT2D eigenvalue weighted by atomic mass is 32.2. The largest absolute Gasteiger partial charge is 0.278 e. The van der Waals surface area contributed by atoms with Crippen LogP contribution in [0.5, 0.6) is 0 Å². The summed E-state index contributed by atoms with van der Waals surface area (Å²) in [6.45, 7) is 4.61. The SMILES string of the molecule is CC1(C)C(c2ccccc2)=Cc2nc(-n3c4ccc(-c5ccc6c(c5)Sc5ccccc5S6)cc4c4c5ccccc5ccc43)nc(-c3ccccc3)c21. The van der Waals surface area contributed by atoms with Gasteiger partial charge in [-0.1, -0.05) is 153 Å². The molecule has 3 heterocycles. The van der Waals surface area contributed by atoms with Gasteiger partial charge in [-0.3, -0.25) is 4.57 Å². The van der Waals surface area contributed by atoms with E-state index in [4.69, 9.17) is 9.97 Å². The molecule has 2 aliphatic rings. The fourth-order valence-electron chi connectivity index (χ4n) is 8.50. The van der Waals surface area contributed by atoms with E-state index in [1.165, 1.54) is 63.4 Å². The molecule has 5 heteroatoms. The van der Waals surface area contributed by atoms with Crippen LogP contribution in [0, 0.1) is 0 Å². The number of benzene rings is 7. The molecule has 0 saturated carbocycles. The van der Waals surface area contributed by atoms with E-state index in [1.54, 1.807) is 0 Å². The van der Waals surface area contributed by atoms with Gasteiger partial charge in [-0.05, 0) is 81.6 Å². The highest BCUT2D eigenvalue weighted by molar-refractivity contribution is 8.05. The minimum atomic E-state index is -0.292. The van der Waals surface area contributed by atoms with Crippen LogP contribution in [0.3, 0.4) is 0 Å². The lowest BCUT2D eigenvalue weighted by atomic mass is 9.77. The standard InChI is InChI=1S/C49H33N3S2/c1-49(2)37(31-14-5-3-6-15-31)29-38-46(49)47(32-16-7-4-8-17-32)51-48(50-38)52-39-24-22-33(27-36(39)45-35-18-10-9-13-30(35)21-25-40(45)52)34-23-26-43-44(28-34)54-42-20-12-11-19-41(42)53-43/h3-29H,1-2H3. The van der Waals surface area contributed by atoms with E-state index in [2.05, 4.69) is 182 Å². The quantitative estimate of drug-likeness (QED) is 0.181. The predicted molar refractivity (Wildman–Crippen MR) is 227 cm³/mol. The molecule has 1 aliphatic carbocycles. The molecule has 0 radical (unpaired) electrons. The molecular formula is C49H33N3S2. The summed E-state index contributed by atoms with van der Waals surface area (Å²) in [6, 6.07) is 57.0. The first-order valence-corrected chi connectivity index (χ1v) is 20.0. The molecule has 0 fully saturated rings. The maximum Gasteiger partial charge on any atom is 0.235 e. The average Bonchev–Trinajstić information content (AvgIpc) is 3.70. The van der Waals surface area contributed by atoms with Gasteiger partial charge in [-0.15, -0.1) is 0 Å². The Hall–Kier alpha value is -5.88. The highest BCUT2D eigenvalue weighted by Crippen LogP contribution is 2.51. The molecule has 0 amide bonds. The van der Waals surface area contributed by atoms with Crippen LogP contribution in [0.15, 0.2) is 177 Å². The molecule has 0 saturated heterocycles. The van der Waals surface area contributed by atoms with Gasteiger partial charge >= 0.3 is 0 Å². The first-order chi connectivity index (χ1) is 26.5. The lowest BCUT2D eigenvalue weighted by Gasteiger charge is -2.27. The second-order valence-electron chi connectivity index (χ2n) is 14.6. The van der Waals surface area contributed by atoms with Crippen molar-refractivity contribution in [3.8, 4) is 28.3 Å². The average molecular weight is 728 g/mol. The Bertz CT molecular complexity index is 3010. The lowest BCUT2D eigenvalue weighted by Crippen LogP contribution is -2.19. The second-order valence-corrected chi connectivity index (χ2v) is 16.8. The van der Waals surface area contributed by atoms with Crippen molar-refractivity contribution in [3.05, 3.63) is 175 Å². The van der Waals surface area contributed by atoms with Crippen molar-refractivity contribution in [1.29, 1.82) is 0 Å².